The Balaban J connectivity index is 2.61. The summed E-state index contributed by atoms with van der Waals surface area (Å²) in [4.78, 5) is 4.37. The fourth-order valence-electron chi connectivity index (χ4n) is 1.70. The lowest BCUT2D eigenvalue weighted by molar-refractivity contribution is 0.688. The Hall–Kier alpha value is -1.60. The molecule has 0 saturated carbocycles. The SMILES string of the molecule is CCNCCCNc1nc(C)cc(C)c1C#N. The van der Waals surface area contributed by atoms with Crippen LogP contribution in [0.3, 0.4) is 0 Å². The predicted octanol–water partition coefficient (Wildman–Crippen LogP) is 1.98. The summed E-state index contributed by atoms with van der Waals surface area (Å²) in [7, 11) is 0. The third-order valence-corrected chi connectivity index (χ3v) is 2.53. The van der Waals surface area contributed by atoms with E-state index in [4.69, 9.17) is 5.26 Å². The van der Waals surface area contributed by atoms with Crippen molar-refractivity contribution in [3.63, 3.8) is 0 Å². The fourth-order valence-corrected chi connectivity index (χ4v) is 1.70. The minimum Gasteiger partial charge on any atom is -0.369 e. The van der Waals surface area contributed by atoms with Crippen LogP contribution >= 0.6 is 0 Å². The van der Waals surface area contributed by atoms with E-state index in [1.54, 1.807) is 0 Å². The number of nitriles is 1. The molecular formula is C13H20N4. The van der Waals surface area contributed by atoms with Gasteiger partial charge in [-0.2, -0.15) is 5.26 Å². The summed E-state index contributed by atoms with van der Waals surface area (Å²) in [5.74, 6) is 0.710. The monoisotopic (exact) mass is 232 g/mol. The lowest BCUT2D eigenvalue weighted by atomic mass is 10.1. The van der Waals surface area contributed by atoms with Gasteiger partial charge in [0.25, 0.3) is 0 Å². The second kappa shape index (κ2) is 6.87. The minimum atomic E-state index is 0.652. The predicted molar refractivity (Wildman–Crippen MR) is 70.1 cm³/mol. The average molecular weight is 232 g/mol. The second-order valence-electron chi connectivity index (χ2n) is 4.05. The molecule has 1 heterocycles. The van der Waals surface area contributed by atoms with Gasteiger partial charge in [-0.1, -0.05) is 6.92 Å². The highest BCUT2D eigenvalue weighted by Crippen LogP contribution is 2.17. The number of aromatic nitrogens is 1. The third kappa shape index (κ3) is 4.04. The summed E-state index contributed by atoms with van der Waals surface area (Å²) in [6, 6.07) is 4.14. The van der Waals surface area contributed by atoms with Crippen molar-refractivity contribution < 1.29 is 0 Å². The van der Waals surface area contributed by atoms with Crippen LogP contribution in [0.4, 0.5) is 5.82 Å². The molecule has 0 amide bonds. The van der Waals surface area contributed by atoms with Crippen molar-refractivity contribution in [2.75, 3.05) is 25.0 Å². The van der Waals surface area contributed by atoms with Crippen molar-refractivity contribution in [1.82, 2.24) is 10.3 Å². The molecule has 0 bridgehead atoms. The Morgan fingerprint density at radius 3 is 2.76 bits per heavy atom. The van der Waals surface area contributed by atoms with Gasteiger partial charge in [-0.05, 0) is 45.0 Å². The van der Waals surface area contributed by atoms with Gasteiger partial charge in [0, 0.05) is 12.2 Å². The van der Waals surface area contributed by atoms with Gasteiger partial charge in [-0.25, -0.2) is 4.98 Å². The van der Waals surface area contributed by atoms with Gasteiger partial charge >= 0.3 is 0 Å². The van der Waals surface area contributed by atoms with Crippen LogP contribution < -0.4 is 10.6 Å². The molecule has 0 aromatic carbocycles. The zero-order chi connectivity index (χ0) is 12.7. The summed E-state index contributed by atoms with van der Waals surface area (Å²) in [5, 5.41) is 15.6. The molecule has 4 heteroatoms. The smallest absolute Gasteiger partial charge is 0.144 e. The number of hydrogen-bond donors (Lipinski definition) is 2. The minimum absolute atomic E-state index is 0.652. The maximum Gasteiger partial charge on any atom is 0.144 e. The maximum atomic E-state index is 9.09. The molecule has 4 nitrogen and oxygen atoms in total. The first-order valence-electron chi connectivity index (χ1n) is 6.02. The van der Waals surface area contributed by atoms with Gasteiger partial charge in [-0.3, -0.25) is 0 Å². The van der Waals surface area contributed by atoms with Gasteiger partial charge in [-0.15, -0.1) is 0 Å². The van der Waals surface area contributed by atoms with E-state index in [9.17, 15) is 0 Å². The quantitative estimate of drug-likeness (QED) is 0.736. The molecule has 1 aromatic rings. The van der Waals surface area contributed by atoms with Gasteiger partial charge in [0.1, 0.15) is 11.9 Å². The Labute approximate surface area is 103 Å². The highest BCUT2D eigenvalue weighted by atomic mass is 15.0. The summed E-state index contributed by atoms with van der Waals surface area (Å²) >= 11 is 0. The van der Waals surface area contributed by atoms with Gasteiger partial charge < -0.3 is 10.6 Å². The molecule has 0 fully saturated rings. The molecule has 92 valence electrons. The first kappa shape index (κ1) is 13.5. The lowest BCUT2D eigenvalue weighted by Gasteiger charge is -2.10. The van der Waals surface area contributed by atoms with Crippen molar-refractivity contribution in [3.05, 3.63) is 22.9 Å². The zero-order valence-corrected chi connectivity index (χ0v) is 10.8. The molecule has 0 aliphatic heterocycles. The van der Waals surface area contributed by atoms with Crippen molar-refractivity contribution in [3.8, 4) is 6.07 Å². The number of hydrogen-bond acceptors (Lipinski definition) is 4. The number of aryl methyl sites for hydroxylation is 2. The largest absolute Gasteiger partial charge is 0.369 e. The van der Waals surface area contributed by atoms with E-state index in [1.807, 2.05) is 19.9 Å². The topological polar surface area (TPSA) is 60.7 Å². The molecule has 0 aliphatic rings. The summed E-state index contributed by atoms with van der Waals surface area (Å²) in [6.07, 6.45) is 1.02. The molecule has 0 unspecified atom stereocenters. The molecule has 0 radical (unpaired) electrons. The van der Waals surface area contributed by atoms with Crippen molar-refractivity contribution in [2.24, 2.45) is 0 Å². The number of anilines is 1. The summed E-state index contributed by atoms with van der Waals surface area (Å²) in [6.45, 7) is 8.78. The first-order valence-corrected chi connectivity index (χ1v) is 6.02. The molecule has 0 atom stereocenters. The molecule has 1 aromatic heterocycles. The van der Waals surface area contributed by atoms with Crippen molar-refractivity contribution in [1.29, 1.82) is 5.26 Å². The highest BCUT2D eigenvalue weighted by molar-refractivity contribution is 5.56. The third-order valence-electron chi connectivity index (χ3n) is 2.53. The van der Waals surface area contributed by atoms with E-state index < -0.39 is 0 Å². The fraction of sp³-hybridized carbons (Fsp3) is 0.538. The van der Waals surface area contributed by atoms with Crippen LogP contribution in [-0.4, -0.2) is 24.6 Å². The van der Waals surface area contributed by atoms with Crippen LogP contribution in [0.5, 0.6) is 0 Å². The average Bonchev–Trinajstić information content (AvgIpc) is 2.28. The molecule has 0 saturated heterocycles. The van der Waals surface area contributed by atoms with Crippen LogP contribution in [0.15, 0.2) is 6.07 Å². The number of pyridine rings is 1. The highest BCUT2D eigenvalue weighted by Gasteiger charge is 2.07. The van der Waals surface area contributed by atoms with E-state index in [-0.39, 0.29) is 0 Å². The second-order valence-corrected chi connectivity index (χ2v) is 4.05. The zero-order valence-electron chi connectivity index (χ0n) is 10.8. The van der Waals surface area contributed by atoms with Crippen LogP contribution in [0, 0.1) is 25.2 Å². The van der Waals surface area contributed by atoms with E-state index in [2.05, 4.69) is 28.6 Å². The molecule has 2 N–H and O–H groups in total. The van der Waals surface area contributed by atoms with Gasteiger partial charge in [0.05, 0.1) is 5.56 Å². The van der Waals surface area contributed by atoms with Crippen LogP contribution in [-0.2, 0) is 0 Å². The summed E-state index contributed by atoms with van der Waals surface area (Å²) in [5.41, 5.74) is 2.57. The summed E-state index contributed by atoms with van der Waals surface area (Å²) < 4.78 is 0. The standard InChI is InChI=1S/C13H20N4/c1-4-15-6-5-7-16-13-12(9-14)10(2)8-11(3)17-13/h8,15H,4-7H2,1-3H3,(H,16,17). The van der Waals surface area contributed by atoms with Gasteiger partial charge in [0.2, 0.25) is 0 Å². The lowest BCUT2D eigenvalue weighted by Crippen LogP contribution is -2.18. The number of nitrogens with one attached hydrogen (secondary N) is 2. The van der Waals surface area contributed by atoms with Gasteiger partial charge in [0.15, 0.2) is 0 Å². The first-order chi connectivity index (χ1) is 8.19. The van der Waals surface area contributed by atoms with E-state index >= 15 is 0 Å². The normalized spacial score (nSPS) is 10.0. The van der Waals surface area contributed by atoms with Crippen LogP contribution in [0.1, 0.15) is 30.2 Å². The van der Waals surface area contributed by atoms with Crippen molar-refractivity contribution in [2.45, 2.75) is 27.2 Å². The van der Waals surface area contributed by atoms with Crippen LogP contribution in [0.25, 0.3) is 0 Å². The Bertz CT molecular complexity index is 407. The molecule has 1 rings (SSSR count). The number of rotatable bonds is 6. The van der Waals surface area contributed by atoms with E-state index in [1.165, 1.54) is 0 Å². The Kier molecular flexibility index (Phi) is 5.44. The Morgan fingerprint density at radius 2 is 2.12 bits per heavy atom. The Morgan fingerprint density at radius 1 is 1.35 bits per heavy atom. The van der Waals surface area contributed by atoms with E-state index in [0.29, 0.717) is 11.4 Å². The molecular weight excluding hydrogens is 212 g/mol. The maximum absolute atomic E-state index is 9.09. The number of nitrogens with zero attached hydrogens (tertiary/aromatic N) is 2. The van der Waals surface area contributed by atoms with Crippen molar-refractivity contribution >= 4 is 5.82 Å². The molecule has 17 heavy (non-hydrogen) atoms. The molecule has 0 spiro atoms. The van der Waals surface area contributed by atoms with Crippen LogP contribution in [0.2, 0.25) is 0 Å². The molecule has 0 aliphatic carbocycles. The van der Waals surface area contributed by atoms with E-state index in [0.717, 1.165) is 37.3 Å².